The van der Waals surface area contributed by atoms with Crippen LogP contribution in [-0.2, 0) is 36.9 Å². The first-order valence-corrected chi connectivity index (χ1v) is 11.2. The van der Waals surface area contributed by atoms with Gasteiger partial charge >= 0.3 is 12.1 Å². The van der Waals surface area contributed by atoms with Crippen molar-refractivity contribution in [3.8, 4) is 0 Å². The van der Waals surface area contributed by atoms with Crippen molar-refractivity contribution >= 4 is 23.8 Å². The van der Waals surface area contributed by atoms with Crippen LogP contribution in [0.2, 0.25) is 0 Å². The van der Waals surface area contributed by atoms with E-state index < -0.39 is 29.9 Å². The van der Waals surface area contributed by atoms with Gasteiger partial charge in [0.1, 0.15) is 12.6 Å². The Morgan fingerprint density at radius 2 is 1.47 bits per heavy atom. The normalized spacial score (nSPS) is 12.4. The van der Waals surface area contributed by atoms with Crippen molar-refractivity contribution in [2.24, 2.45) is 11.8 Å². The standard InChI is InChI=1S/C26H32N2O6/c1-18(2)23(25(31)33-3)28-24(30)21(14-19-10-6-4-7-11-19)15-22(29)16-27-26(32)34-17-20-12-8-5-9-13-20/h4-13,18,21,23H,14-17H2,1-3H3,(H,27,32)(H,28,30)/t21?,23-/m0/s1. The average Bonchev–Trinajstić information content (AvgIpc) is 2.84. The number of hydrogen-bond donors (Lipinski definition) is 2. The molecule has 8 heteroatoms. The lowest BCUT2D eigenvalue weighted by Crippen LogP contribution is -2.48. The third kappa shape index (κ3) is 9.05. The van der Waals surface area contributed by atoms with Crippen LogP contribution in [0.25, 0.3) is 0 Å². The zero-order chi connectivity index (χ0) is 24.9. The van der Waals surface area contributed by atoms with E-state index in [9.17, 15) is 19.2 Å². The molecule has 0 saturated carbocycles. The molecule has 0 spiro atoms. The van der Waals surface area contributed by atoms with Crippen LogP contribution < -0.4 is 10.6 Å². The van der Waals surface area contributed by atoms with Gasteiger partial charge in [0.2, 0.25) is 5.91 Å². The zero-order valence-electron chi connectivity index (χ0n) is 19.8. The molecule has 0 aliphatic rings. The van der Waals surface area contributed by atoms with Gasteiger partial charge in [-0.15, -0.1) is 0 Å². The van der Waals surface area contributed by atoms with E-state index in [0.717, 1.165) is 11.1 Å². The summed E-state index contributed by atoms with van der Waals surface area (Å²) >= 11 is 0. The third-order valence-corrected chi connectivity index (χ3v) is 5.23. The van der Waals surface area contributed by atoms with Gasteiger partial charge in [-0.2, -0.15) is 0 Å². The van der Waals surface area contributed by atoms with Gasteiger partial charge in [0, 0.05) is 12.3 Å². The Hall–Kier alpha value is -3.68. The van der Waals surface area contributed by atoms with Crippen LogP contribution in [0, 0.1) is 11.8 Å². The first kappa shape index (κ1) is 26.6. The molecule has 182 valence electrons. The molecule has 0 aromatic heterocycles. The fourth-order valence-corrected chi connectivity index (χ4v) is 3.34. The number of methoxy groups -OCH3 is 1. The largest absolute Gasteiger partial charge is 0.467 e. The van der Waals surface area contributed by atoms with E-state index in [0.29, 0.717) is 6.42 Å². The maximum Gasteiger partial charge on any atom is 0.407 e. The van der Waals surface area contributed by atoms with Crippen molar-refractivity contribution in [3.05, 3.63) is 71.8 Å². The molecule has 0 heterocycles. The van der Waals surface area contributed by atoms with E-state index in [-0.39, 0.29) is 31.3 Å². The average molecular weight is 469 g/mol. The first-order valence-electron chi connectivity index (χ1n) is 11.2. The SMILES string of the molecule is COC(=O)[C@@H](NC(=O)C(CC(=O)CNC(=O)OCc1ccccc1)Cc1ccccc1)C(C)C. The molecule has 0 aliphatic heterocycles. The summed E-state index contributed by atoms with van der Waals surface area (Å²) in [6, 6.07) is 17.6. The smallest absolute Gasteiger partial charge is 0.407 e. The van der Waals surface area contributed by atoms with Crippen LogP contribution in [0.15, 0.2) is 60.7 Å². The molecule has 2 N–H and O–H groups in total. The van der Waals surface area contributed by atoms with Gasteiger partial charge in [0.25, 0.3) is 0 Å². The van der Waals surface area contributed by atoms with Gasteiger partial charge in [-0.25, -0.2) is 9.59 Å². The maximum atomic E-state index is 13.0. The summed E-state index contributed by atoms with van der Waals surface area (Å²) in [4.78, 5) is 49.6. The number of hydrogen-bond acceptors (Lipinski definition) is 6. The van der Waals surface area contributed by atoms with Crippen molar-refractivity contribution in [1.82, 2.24) is 10.6 Å². The van der Waals surface area contributed by atoms with Crippen molar-refractivity contribution in [2.45, 2.75) is 39.3 Å². The summed E-state index contributed by atoms with van der Waals surface area (Å²) in [6.07, 6.45) is -0.513. The number of carbonyl (C=O) groups is 4. The maximum absolute atomic E-state index is 13.0. The number of rotatable bonds is 12. The van der Waals surface area contributed by atoms with Crippen molar-refractivity contribution in [1.29, 1.82) is 0 Å². The highest BCUT2D eigenvalue weighted by Gasteiger charge is 2.29. The van der Waals surface area contributed by atoms with Crippen LogP contribution in [0.1, 0.15) is 31.4 Å². The van der Waals surface area contributed by atoms with Crippen molar-refractivity contribution < 1.29 is 28.7 Å². The van der Waals surface area contributed by atoms with Gasteiger partial charge in [-0.1, -0.05) is 74.5 Å². The summed E-state index contributed by atoms with van der Waals surface area (Å²) in [5.74, 6) is -2.20. The lowest BCUT2D eigenvalue weighted by atomic mass is 9.92. The second-order valence-electron chi connectivity index (χ2n) is 8.30. The van der Waals surface area contributed by atoms with Crippen molar-refractivity contribution in [2.75, 3.05) is 13.7 Å². The molecule has 2 amide bonds. The Bertz CT molecular complexity index is 946. The van der Waals surface area contributed by atoms with E-state index >= 15 is 0 Å². The number of amides is 2. The van der Waals surface area contributed by atoms with Crippen LogP contribution >= 0.6 is 0 Å². The molecule has 0 aliphatic carbocycles. The molecular weight excluding hydrogens is 436 g/mol. The Balaban J connectivity index is 1.97. The van der Waals surface area contributed by atoms with Gasteiger partial charge < -0.3 is 20.1 Å². The van der Waals surface area contributed by atoms with Crippen LogP contribution in [0.3, 0.4) is 0 Å². The minimum Gasteiger partial charge on any atom is -0.467 e. The molecule has 2 aromatic carbocycles. The fourth-order valence-electron chi connectivity index (χ4n) is 3.34. The number of ether oxygens (including phenoxy) is 2. The molecule has 2 aromatic rings. The number of alkyl carbamates (subject to hydrolysis) is 1. The molecule has 0 fully saturated rings. The number of nitrogens with one attached hydrogen (secondary N) is 2. The predicted molar refractivity (Wildman–Crippen MR) is 127 cm³/mol. The third-order valence-electron chi connectivity index (χ3n) is 5.23. The predicted octanol–water partition coefficient (Wildman–Crippen LogP) is 3.04. The number of esters is 1. The van der Waals surface area contributed by atoms with Crippen LogP contribution in [-0.4, -0.2) is 43.4 Å². The summed E-state index contributed by atoms with van der Waals surface area (Å²) in [5, 5.41) is 5.15. The van der Waals surface area contributed by atoms with E-state index in [1.165, 1.54) is 7.11 Å². The minimum atomic E-state index is -0.822. The summed E-state index contributed by atoms with van der Waals surface area (Å²) < 4.78 is 9.90. The van der Waals surface area contributed by atoms with E-state index in [4.69, 9.17) is 9.47 Å². The second kappa shape index (κ2) is 13.8. The molecular formula is C26H32N2O6. The van der Waals surface area contributed by atoms with Gasteiger partial charge in [0.15, 0.2) is 5.78 Å². The van der Waals surface area contributed by atoms with Crippen molar-refractivity contribution in [3.63, 3.8) is 0 Å². The highest BCUT2D eigenvalue weighted by atomic mass is 16.5. The molecule has 0 radical (unpaired) electrons. The Morgan fingerprint density at radius 3 is 2.03 bits per heavy atom. The first-order chi connectivity index (χ1) is 16.3. The molecule has 34 heavy (non-hydrogen) atoms. The molecule has 1 unspecified atom stereocenters. The van der Waals surface area contributed by atoms with Crippen LogP contribution in [0.4, 0.5) is 4.79 Å². The lowest BCUT2D eigenvalue weighted by Gasteiger charge is -2.23. The second-order valence-corrected chi connectivity index (χ2v) is 8.30. The number of ketones is 1. The number of benzene rings is 2. The Labute approximate surface area is 200 Å². The van der Waals surface area contributed by atoms with E-state index in [1.807, 2.05) is 60.7 Å². The van der Waals surface area contributed by atoms with Gasteiger partial charge in [-0.05, 0) is 23.5 Å². The Morgan fingerprint density at radius 1 is 0.882 bits per heavy atom. The summed E-state index contributed by atoms with van der Waals surface area (Å²) in [6.45, 7) is 3.41. The zero-order valence-corrected chi connectivity index (χ0v) is 19.8. The molecule has 8 nitrogen and oxygen atoms in total. The number of Topliss-reactive ketones (excluding diaryl/α,β-unsaturated/α-hetero) is 1. The van der Waals surface area contributed by atoms with Crippen LogP contribution in [0.5, 0.6) is 0 Å². The highest BCUT2D eigenvalue weighted by Crippen LogP contribution is 2.15. The molecule has 0 saturated heterocycles. The lowest BCUT2D eigenvalue weighted by molar-refractivity contribution is -0.147. The molecule has 0 bridgehead atoms. The Kier molecular flexibility index (Phi) is 10.8. The van der Waals surface area contributed by atoms with Gasteiger partial charge in [0.05, 0.1) is 13.7 Å². The van der Waals surface area contributed by atoms with E-state index in [1.54, 1.807) is 13.8 Å². The number of carbonyl (C=O) groups excluding carboxylic acids is 4. The highest BCUT2D eigenvalue weighted by molar-refractivity contribution is 5.91. The van der Waals surface area contributed by atoms with Gasteiger partial charge in [-0.3, -0.25) is 9.59 Å². The quantitative estimate of drug-likeness (QED) is 0.463. The summed E-state index contributed by atoms with van der Waals surface area (Å²) in [7, 11) is 1.26. The monoisotopic (exact) mass is 468 g/mol. The molecule has 2 atom stereocenters. The minimum absolute atomic E-state index is 0.0873. The van der Waals surface area contributed by atoms with E-state index in [2.05, 4.69) is 10.6 Å². The summed E-state index contributed by atoms with van der Waals surface area (Å²) in [5.41, 5.74) is 1.71. The fraction of sp³-hybridized carbons (Fsp3) is 0.385. The molecule has 2 rings (SSSR count). The topological polar surface area (TPSA) is 111 Å².